The lowest BCUT2D eigenvalue weighted by atomic mass is 9.83. The molecule has 1 amide bonds. The minimum atomic E-state index is -0.490. The first-order valence-corrected chi connectivity index (χ1v) is 11.2. The molecule has 0 bridgehead atoms. The highest BCUT2D eigenvalue weighted by Gasteiger charge is 2.24. The summed E-state index contributed by atoms with van der Waals surface area (Å²) in [7, 11) is 0. The first-order valence-electron chi connectivity index (χ1n) is 10.8. The van der Waals surface area contributed by atoms with E-state index in [1.165, 1.54) is 0 Å². The first-order chi connectivity index (χ1) is 15.1. The summed E-state index contributed by atoms with van der Waals surface area (Å²) < 4.78 is 11.2. The average Bonchev–Trinajstić information content (AvgIpc) is 3.23. The van der Waals surface area contributed by atoms with Crippen molar-refractivity contribution < 1.29 is 19.1 Å². The second-order valence-electron chi connectivity index (χ2n) is 8.21. The highest BCUT2D eigenvalue weighted by molar-refractivity contribution is 6.30. The second kappa shape index (κ2) is 10.2. The quantitative estimate of drug-likeness (QED) is 0.513. The van der Waals surface area contributed by atoms with Crippen LogP contribution in [-0.2, 0) is 0 Å². The fourth-order valence-electron chi connectivity index (χ4n) is 4.08. The van der Waals surface area contributed by atoms with Gasteiger partial charge in [0.05, 0.1) is 12.3 Å². The van der Waals surface area contributed by atoms with Crippen molar-refractivity contribution in [2.75, 3.05) is 6.61 Å². The highest BCUT2D eigenvalue weighted by Crippen LogP contribution is 2.29. The molecule has 3 aromatic rings. The van der Waals surface area contributed by atoms with Gasteiger partial charge in [0, 0.05) is 22.6 Å². The van der Waals surface area contributed by atoms with Crippen molar-refractivity contribution in [3.05, 3.63) is 59.6 Å². The molecule has 4 rings (SSSR count). The van der Waals surface area contributed by atoms with Crippen molar-refractivity contribution in [2.45, 2.75) is 50.7 Å². The summed E-state index contributed by atoms with van der Waals surface area (Å²) in [5.41, 5.74) is 0.620. The Morgan fingerprint density at radius 2 is 2.00 bits per heavy atom. The largest absolute Gasteiger partial charge is 0.491 e. The summed E-state index contributed by atoms with van der Waals surface area (Å²) in [6, 6.07) is 10.9. The fraction of sp³-hybridized carbons (Fsp3) is 0.417. The number of rotatable bonds is 8. The molecule has 1 aromatic carbocycles. The molecule has 0 radical (unpaired) electrons. The summed E-state index contributed by atoms with van der Waals surface area (Å²) in [5.74, 6) is 1.43. The number of benzene rings is 1. The summed E-state index contributed by atoms with van der Waals surface area (Å²) >= 11 is 5.86. The van der Waals surface area contributed by atoms with Crippen molar-refractivity contribution >= 4 is 28.5 Å². The molecule has 1 aliphatic rings. The predicted molar refractivity (Wildman–Crippen MR) is 119 cm³/mol. The summed E-state index contributed by atoms with van der Waals surface area (Å²) in [5, 5.41) is 14.9. The SMILES string of the molecule is O=C(NC1CCC(CCC(O)COc2ccc(Cl)cc2)CC1)c1cc2ccncc2o1. The number of nitrogens with zero attached hydrogens (tertiary/aromatic N) is 1. The Balaban J connectivity index is 1.15. The number of hydrogen-bond acceptors (Lipinski definition) is 5. The van der Waals surface area contributed by atoms with Crippen molar-refractivity contribution in [2.24, 2.45) is 5.92 Å². The Bertz CT molecular complexity index is 963. The maximum atomic E-state index is 12.5. The average molecular weight is 443 g/mol. The minimum Gasteiger partial charge on any atom is -0.491 e. The number of fused-ring (bicyclic) bond motifs is 1. The Morgan fingerprint density at radius 3 is 2.74 bits per heavy atom. The van der Waals surface area contributed by atoms with Crippen LogP contribution in [0.5, 0.6) is 5.75 Å². The van der Waals surface area contributed by atoms with Gasteiger partial charge in [-0.05, 0) is 80.8 Å². The molecule has 0 spiro atoms. The molecular weight excluding hydrogens is 416 g/mol. The monoisotopic (exact) mass is 442 g/mol. The third-order valence-electron chi connectivity index (χ3n) is 5.89. The zero-order chi connectivity index (χ0) is 21.6. The molecule has 1 unspecified atom stereocenters. The first kappa shape index (κ1) is 21.7. The third-order valence-corrected chi connectivity index (χ3v) is 6.14. The molecule has 1 aliphatic carbocycles. The third kappa shape index (κ3) is 5.99. The van der Waals surface area contributed by atoms with Gasteiger partial charge in [-0.1, -0.05) is 11.6 Å². The van der Waals surface area contributed by atoms with Crippen molar-refractivity contribution in [3.8, 4) is 5.75 Å². The number of carbonyl (C=O) groups excluding carboxylic acids is 1. The van der Waals surface area contributed by atoms with Gasteiger partial charge in [-0.25, -0.2) is 0 Å². The van der Waals surface area contributed by atoms with Crippen LogP contribution in [0.25, 0.3) is 11.0 Å². The zero-order valence-corrected chi connectivity index (χ0v) is 18.1. The number of aromatic nitrogens is 1. The van der Waals surface area contributed by atoms with Crippen molar-refractivity contribution in [1.82, 2.24) is 10.3 Å². The Kier molecular flexibility index (Phi) is 7.10. The van der Waals surface area contributed by atoms with E-state index in [0.717, 1.165) is 37.5 Å². The smallest absolute Gasteiger partial charge is 0.287 e. The van der Waals surface area contributed by atoms with E-state index >= 15 is 0 Å². The number of ether oxygens (including phenoxy) is 1. The van der Waals surface area contributed by atoms with Crippen LogP contribution in [0, 0.1) is 5.92 Å². The van der Waals surface area contributed by atoms with E-state index in [9.17, 15) is 9.90 Å². The van der Waals surface area contributed by atoms with Crippen LogP contribution in [0.2, 0.25) is 5.02 Å². The lowest BCUT2D eigenvalue weighted by Crippen LogP contribution is -2.37. The van der Waals surface area contributed by atoms with E-state index in [-0.39, 0.29) is 18.6 Å². The van der Waals surface area contributed by atoms with Crippen molar-refractivity contribution in [1.29, 1.82) is 0 Å². The van der Waals surface area contributed by atoms with Crippen LogP contribution in [0.3, 0.4) is 0 Å². The molecule has 31 heavy (non-hydrogen) atoms. The van der Waals surface area contributed by atoms with E-state index in [1.807, 2.05) is 6.07 Å². The van der Waals surface area contributed by atoms with E-state index in [0.29, 0.717) is 34.5 Å². The maximum absolute atomic E-state index is 12.5. The van der Waals surface area contributed by atoms with Crippen LogP contribution >= 0.6 is 11.6 Å². The van der Waals surface area contributed by atoms with Gasteiger partial charge in [0.2, 0.25) is 0 Å². The number of furan rings is 1. The van der Waals surface area contributed by atoms with Gasteiger partial charge in [-0.3, -0.25) is 9.78 Å². The number of amides is 1. The molecule has 164 valence electrons. The van der Waals surface area contributed by atoms with Gasteiger partial charge in [-0.2, -0.15) is 0 Å². The zero-order valence-electron chi connectivity index (χ0n) is 17.3. The van der Waals surface area contributed by atoms with Gasteiger partial charge in [-0.15, -0.1) is 0 Å². The van der Waals surface area contributed by atoms with E-state index in [4.69, 9.17) is 20.8 Å². The summed E-state index contributed by atoms with van der Waals surface area (Å²) in [4.78, 5) is 16.5. The normalized spacial score (nSPS) is 19.8. The number of pyridine rings is 1. The van der Waals surface area contributed by atoms with E-state index in [1.54, 1.807) is 42.7 Å². The Labute approximate surface area is 186 Å². The molecule has 2 heterocycles. The minimum absolute atomic E-state index is 0.160. The number of carbonyl (C=O) groups is 1. The molecule has 2 aromatic heterocycles. The number of nitrogens with one attached hydrogen (secondary N) is 1. The van der Waals surface area contributed by atoms with Crippen LogP contribution < -0.4 is 10.1 Å². The van der Waals surface area contributed by atoms with Gasteiger partial charge in [0.25, 0.3) is 5.91 Å². The van der Waals surface area contributed by atoms with Gasteiger partial charge >= 0.3 is 0 Å². The molecule has 6 nitrogen and oxygen atoms in total. The molecule has 1 atom stereocenters. The predicted octanol–water partition coefficient (Wildman–Crippen LogP) is 4.99. The van der Waals surface area contributed by atoms with Crippen LogP contribution in [0.4, 0.5) is 0 Å². The molecule has 0 saturated heterocycles. The van der Waals surface area contributed by atoms with Gasteiger partial charge < -0.3 is 19.6 Å². The molecule has 1 saturated carbocycles. The number of hydrogen-bond donors (Lipinski definition) is 2. The lowest BCUT2D eigenvalue weighted by Gasteiger charge is -2.29. The summed E-state index contributed by atoms with van der Waals surface area (Å²) in [6.07, 6.45) is 8.44. The topological polar surface area (TPSA) is 84.6 Å². The Morgan fingerprint density at radius 1 is 1.23 bits per heavy atom. The van der Waals surface area contributed by atoms with E-state index in [2.05, 4.69) is 10.3 Å². The molecule has 2 N–H and O–H groups in total. The molecule has 7 heteroatoms. The number of aliphatic hydroxyl groups is 1. The molecular formula is C24H27ClN2O4. The number of aliphatic hydroxyl groups excluding tert-OH is 1. The van der Waals surface area contributed by atoms with Crippen molar-refractivity contribution in [3.63, 3.8) is 0 Å². The van der Waals surface area contributed by atoms with Crippen LogP contribution in [0.15, 0.2) is 53.2 Å². The Hall–Kier alpha value is -2.57. The van der Waals surface area contributed by atoms with Gasteiger partial charge in [0.15, 0.2) is 11.3 Å². The summed E-state index contributed by atoms with van der Waals surface area (Å²) in [6.45, 7) is 0.278. The van der Waals surface area contributed by atoms with Crippen LogP contribution in [-0.4, -0.2) is 34.8 Å². The standard InChI is InChI=1S/C24H27ClN2O4/c25-18-4-9-21(10-5-18)30-15-20(28)8-3-16-1-6-19(7-2-16)27-24(29)22-13-17-11-12-26-14-23(17)31-22/h4-5,9-14,16,19-20,28H,1-3,6-8,15H2,(H,27,29). The highest BCUT2D eigenvalue weighted by atomic mass is 35.5. The molecule has 1 fully saturated rings. The lowest BCUT2D eigenvalue weighted by molar-refractivity contribution is 0.0864. The number of halogens is 1. The van der Waals surface area contributed by atoms with E-state index < -0.39 is 6.10 Å². The van der Waals surface area contributed by atoms with Gasteiger partial charge in [0.1, 0.15) is 12.4 Å². The fourth-order valence-corrected chi connectivity index (χ4v) is 4.21. The maximum Gasteiger partial charge on any atom is 0.287 e. The molecule has 0 aliphatic heterocycles. The van der Waals surface area contributed by atoms with Crippen LogP contribution in [0.1, 0.15) is 49.1 Å². The second-order valence-corrected chi connectivity index (χ2v) is 8.65.